The molecule has 106 valence electrons. The van der Waals surface area contributed by atoms with Crippen LogP contribution < -0.4 is 0 Å². The minimum Gasteiger partial charge on any atom is -0.386 e. The highest BCUT2D eigenvalue weighted by molar-refractivity contribution is 9.11. The number of halogens is 1. The van der Waals surface area contributed by atoms with Gasteiger partial charge < -0.3 is 5.11 Å². The molecule has 0 heterocycles. The number of nitro groups is 1. The number of benzene rings is 1. The first kappa shape index (κ1) is 16.1. The van der Waals surface area contributed by atoms with Crippen molar-refractivity contribution in [1.29, 1.82) is 0 Å². The lowest BCUT2D eigenvalue weighted by molar-refractivity contribution is -0.384. The van der Waals surface area contributed by atoms with Crippen molar-refractivity contribution in [3.05, 3.63) is 39.9 Å². The number of aliphatic hydroxyl groups is 1. The van der Waals surface area contributed by atoms with Crippen LogP contribution in [0.4, 0.5) is 5.69 Å². The van der Waals surface area contributed by atoms with E-state index < -0.39 is 24.5 Å². The zero-order valence-corrected chi connectivity index (χ0v) is 12.8. The number of aliphatic hydroxyl groups excluding tert-OH is 1. The summed E-state index contributed by atoms with van der Waals surface area (Å²) in [5.41, 5.74) is 0.174. The molecule has 0 aliphatic heterocycles. The normalized spacial score (nSPS) is 16.6. The molecule has 0 aliphatic rings. The summed E-state index contributed by atoms with van der Waals surface area (Å²) < 4.78 is 22.3. The molecule has 0 aliphatic carbocycles. The van der Waals surface area contributed by atoms with E-state index in [0.717, 1.165) is 0 Å². The van der Waals surface area contributed by atoms with Gasteiger partial charge in [0.2, 0.25) is 0 Å². The maximum atomic E-state index is 11.9. The monoisotopic (exact) mass is 351 g/mol. The topological polar surface area (TPSA) is 97.5 Å². The Hall–Kier alpha value is -0.990. The fraction of sp³-hybridized carbons (Fsp3) is 0.455. The van der Waals surface area contributed by atoms with E-state index >= 15 is 0 Å². The molecular weight excluding hydrogens is 338 g/mol. The number of nitro benzene ring substituents is 1. The zero-order valence-electron chi connectivity index (χ0n) is 10.4. The molecule has 6 nitrogen and oxygen atoms in total. The summed E-state index contributed by atoms with van der Waals surface area (Å²) in [4.78, 5) is 9.96. The van der Waals surface area contributed by atoms with E-state index in [0.29, 0.717) is 5.56 Å². The number of non-ortho nitro benzene ring substituents is 1. The lowest BCUT2D eigenvalue weighted by Gasteiger charge is -2.28. The number of sulfone groups is 1. The van der Waals surface area contributed by atoms with Crippen LogP contribution in [-0.4, -0.2) is 27.9 Å². The number of rotatable bonds is 5. The van der Waals surface area contributed by atoms with Gasteiger partial charge in [0.25, 0.3) is 5.69 Å². The average Bonchev–Trinajstić information content (AvgIpc) is 2.37. The zero-order chi connectivity index (χ0) is 14.8. The van der Waals surface area contributed by atoms with Gasteiger partial charge in [-0.15, -0.1) is 0 Å². The molecule has 1 aromatic rings. The fourth-order valence-electron chi connectivity index (χ4n) is 1.53. The van der Waals surface area contributed by atoms with Crippen LogP contribution in [0, 0.1) is 10.1 Å². The molecule has 1 aromatic carbocycles. The molecule has 0 saturated carbocycles. The molecular formula is C11H14BrNO5S. The SMILES string of the molecule is CCS(=O)(=O)C(C)(Br)C(O)c1ccc([N+](=O)[O-])cc1. The van der Waals surface area contributed by atoms with Crippen molar-refractivity contribution in [3.8, 4) is 0 Å². The van der Waals surface area contributed by atoms with Crippen molar-refractivity contribution in [2.24, 2.45) is 0 Å². The minimum atomic E-state index is -3.54. The Morgan fingerprint density at radius 3 is 2.26 bits per heavy atom. The number of hydrogen-bond acceptors (Lipinski definition) is 5. The molecule has 0 spiro atoms. The summed E-state index contributed by atoms with van der Waals surface area (Å²) >= 11 is 3.04. The van der Waals surface area contributed by atoms with Crippen LogP contribution in [0.1, 0.15) is 25.5 Å². The molecule has 0 amide bonds. The second kappa shape index (κ2) is 5.56. The molecule has 0 bridgehead atoms. The van der Waals surface area contributed by atoms with Crippen LogP contribution in [0.5, 0.6) is 0 Å². The van der Waals surface area contributed by atoms with E-state index in [4.69, 9.17) is 0 Å². The molecule has 19 heavy (non-hydrogen) atoms. The molecule has 0 fully saturated rings. The summed E-state index contributed by atoms with van der Waals surface area (Å²) in [6.07, 6.45) is -1.32. The van der Waals surface area contributed by atoms with Crippen molar-refractivity contribution >= 4 is 31.5 Å². The largest absolute Gasteiger partial charge is 0.386 e. The maximum Gasteiger partial charge on any atom is 0.269 e. The summed E-state index contributed by atoms with van der Waals surface area (Å²) in [7, 11) is -3.54. The lowest BCUT2D eigenvalue weighted by Crippen LogP contribution is -2.36. The first-order chi connectivity index (χ1) is 8.63. The molecule has 2 unspecified atom stereocenters. The van der Waals surface area contributed by atoms with Gasteiger partial charge in [0.05, 0.1) is 4.92 Å². The highest BCUT2D eigenvalue weighted by Crippen LogP contribution is 2.39. The summed E-state index contributed by atoms with van der Waals surface area (Å²) in [6.45, 7) is 2.84. The number of nitrogens with zero attached hydrogens (tertiary/aromatic N) is 1. The van der Waals surface area contributed by atoms with Gasteiger partial charge in [-0.25, -0.2) is 8.42 Å². The third-order valence-electron chi connectivity index (χ3n) is 2.90. The molecule has 2 atom stereocenters. The summed E-state index contributed by atoms with van der Waals surface area (Å²) in [5, 5.41) is 20.7. The third-order valence-corrected chi connectivity index (χ3v) is 7.01. The summed E-state index contributed by atoms with van der Waals surface area (Å²) in [6, 6.07) is 5.13. The van der Waals surface area contributed by atoms with Crippen molar-refractivity contribution in [3.63, 3.8) is 0 Å². The average molecular weight is 352 g/mol. The standard InChI is InChI=1S/C11H14BrNO5S/c1-3-19(17,18)11(2,12)10(14)8-4-6-9(7-5-8)13(15)16/h4-7,10,14H,3H2,1-2H3. The highest BCUT2D eigenvalue weighted by atomic mass is 79.9. The fourth-order valence-corrected chi connectivity index (χ4v) is 3.52. The predicted octanol–water partition coefficient (Wildman–Crippen LogP) is 2.17. The molecule has 0 saturated heterocycles. The van der Waals surface area contributed by atoms with Crippen LogP contribution in [-0.2, 0) is 9.84 Å². The van der Waals surface area contributed by atoms with Gasteiger partial charge in [-0.2, -0.15) is 0 Å². The maximum absolute atomic E-state index is 11.9. The van der Waals surface area contributed by atoms with Crippen molar-refractivity contribution in [2.45, 2.75) is 23.6 Å². The Balaban J connectivity index is 3.13. The molecule has 8 heteroatoms. The van der Waals surface area contributed by atoms with Gasteiger partial charge in [0.15, 0.2) is 13.5 Å². The van der Waals surface area contributed by atoms with E-state index in [1.807, 2.05) is 0 Å². The molecule has 0 aromatic heterocycles. The van der Waals surface area contributed by atoms with E-state index in [9.17, 15) is 23.6 Å². The lowest BCUT2D eigenvalue weighted by atomic mass is 10.1. The Morgan fingerprint density at radius 2 is 1.89 bits per heavy atom. The Bertz CT molecular complexity index is 567. The van der Waals surface area contributed by atoms with Crippen LogP contribution in [0.3, 0.4) is 0 Å². The Kier molecular flexibility index (Phi) is 4.70. The van der Waals surface area contributed by atoms with Crippen LogP contribution in [0.2, 0.25) is 0 Å². The van der Waals surface area contributed by atoms with Crippen LogP contribution >= 0.6 is 15.9 Å². The van der Waals surface area contributed by atoms with E-state index in [2.05, 4.69) is 15.9 Å². The van der Waals surface area contributed by atoms with E-state index in [-0.39, 0.29) is 11.4 Å². The van der Waals surface area contributed by atoms with E-state index in [1.165, 1.54) is 38.1 Å². The number of hydrogen-bond donors (Lipinski definition) is 1. The number of alkyl halides is 1. The van der Waals surface area contributed by atoms with Gasteiger partial charge in [-0.1, -0.05) is 22.9 Å². The van der Waals surface area contributed by atoms with Crippen LogP contribution in [0.25, 0.3) is 0 Å². The third kappa shape index (κ3) is 3.13. The first-order valence-electron chi connectivity index (χ1n) is 5.47. The van der Waals surface area contributed by atoms with Crippen molar-refractivity contribution in [2.75, 3.05) is 5.75 Å². The van der Waals surface area contributed by atoms with Crippen molar-refractivity contribution in [1.82, 2.24) is 0 Å². The molecule has 1 rings (SSSR count). The second-order valence-electron chi connectivity index (χ2n) is 4.14. The predicted molar refractivity (Wildman–Crippen MR) is 74.8 cm³/mol. The van der Waals surface area contributed by atoms with Crippen LogP contribution in [0.15, 0.2) is 24.3 Å². The molecule has 1 N–H and O–H groups in total. The quantitative estimate of drug-likeness (QED) is 0.498. The van der Waals surface area contributed by atoms with Gasteiger partial charge >= 0.3 is 0 Å². The van der Waals surface area contributed by atoms with Gasteiger partial charge in [0, 0.05) is 17.9 Å². The molecule has 0 radical (unpaired) electrons. The van der Waals surface area contributed by atoms with Gasteiger partial charge in [-0.05, 0) is 24.6 Å². The summed E-state index contributed by atoms with van der Waals surface area (Å²) in [5.74, 6) is -0.126. The minimum absolute atomic E-state index is 0.120. The Labute approximate surface area is 119 Å². The second-order valence-corrected chi connectivity index (χ2v) is 8.97. The van der Waals surface area contributed by atoms with Gasteiger partial charge in [0.1, 0.15) is 6.10 Å². The van der Waals surface area contributed by atoms with E-state index in [1.54, 1.807) is 0 Å². The highest BCUT2D eigenvalue weighted by Gasteiger charge is 2.42. The van der Waals surface area contributed by atoms with Crippen molar-refractivity contribution < 1.29 is 18.4 Å². The smallest absolute Gasteiger partial charge is 0.269 e. The first-order valence-corrected chi connectivity index (χ1v) is 7.91. The van der Waals surface area contributed by atoms with Gasteiger partial charge in [-0.3, -0.25) is 10.1 Å². The Morgan fingerprint density at radius 1 is 1.42 bits per heavy atom.